The minimum Gasteiger partial charge on any atom is -0.331 e. The molecule has 0 aliphatic heterocycles. The summed E-state index contributed by atoms with van der Waals surface area (Å²) in [7, 11) is 0. The third-order valence-corrected chi connectivity index (χ3v) is 6.22. The lowest BCUT2D eigenvalue weighted by molar-refractivity contribution is 0.0729. The summed E-state index contributed by atoms with van der Waals surface area (Å²) in [5.41, 5.74) is 4.03. The van der Waals surface area contributed by atoms with E-state index in [1.54, 1.807) is 0 Å². The number of aromatic nitrogens is 2. The van der Waals surface area contributed by atoms with Gasteiger partial charge < -0.3 is 14.8 Å². The van der Waals surface area contributed by atoms with Gasteiger partial charge in [0.05, 0.1) is 17.6 Å². The SMILES string of the molecule is CCCn1c(CN(CCC(C)C)C(=O)c2cccc(CNC(C)CC)c2)nc2ccccc21. The Balaban J connectivity index is 1.87. The molecule has 0 bridgehead atoms. The van der Waals surface area contributed by atoms with Gasteiger partial charge in [0.15, 0.2) is 0 Å². The molecule has 0 saturated heterocycles. The van der Waals surface area contributed by atoms with Crippen molar-refractivity contribution < 1.29 is 4.79 Å². The molecule has 1 aromatic heterocycles. The summed E-state index contributed by atoms with van der Waals surface area (Å²) in [6.45, 7) is 13.9. The number of carbonyl (C=O) groups excluding carboxylic acids is 1. The van der Waals surface area contributed by atoms with Gasteiger partial charge in [0.1, 0.15) is 5.82 Å². The number of rotatable bonds is 12. The Morgan fingerprint density at radius 2 is 1.88 bits per heavy atom. The van der Waals surface area contributed by atoms with Crippen LogP contribution >= 0.6 is 0 Å². The molecular formula is C28H40N4O. The molecule has 1 heterocycles. The van der Waals surface area contributed by atoms with Crippen molar-refractivity contribution in [3.63, 3.8) is 0 Å². The molecule has 3 rings (SSSR count). The van der Waals surface area contributed by atoms with Crippen LogP contribution in [0, 0.1) is 5.92 Å². The number of fused-ring (bicyclic) bond motifs is 1. The Kier molecular flexibility index (Phi) is 9.07. The van der Waals surface area contributed by atoms with Crippen LogP contribution in [0.2, 0.25) is 0 Å². The number of imidazole rings is 1. The molecule has 33 heavy (non-hydrogen) atoms. The van der Waals surface area contributed by atoms with Crippen molar-refractivity contribution in [1.82, 2.24) is 19.8 Å². The number of hydrogen-bond acceptors (Lipinski definition) is 3. The van der Waals surface area contributed by atoms with E-state index in [2.05, 4.69) is 68.8 Å². The maximum Gasteiger partial charge on any atom is 0.254 e. The van der Waals surface area contributed by atoms with Crippen LogP contribution in [-0.2, 0) is 19.6 Å². The minimum absolute atomic E-state index is 0.0798. The molecule has 0 saturated carbocycles. The average Bonchev–Trinajstić information content (AvgIpc) is 3.17. The third-order valence-electron chi connectivity index (χ3n) is 6.22. The molecule has 0 fully saturated rings. The van der Waals surface area contributed by atoms with Crippen LogP contribution in [0.15, 0.2) is 48.5 Å². The predicted molar refractivity (Wildman–Crippen MR) is 137 cm³/mol. The number of nitrogens with one attached hydrogen (secondary N) is 1. The zero-order valence-electron chi connectivity index (χ0n) is 21.0. The fourth-order valence-corrected chi connectivity index (χ4v) is 3.99. The van der Waals surface area contributed by atoms with E-state index in [0.29, 0.717) is 18.5 Å². The molecule has 2 aromatic carbocycles. The first-order chi connectivity index (χ1) is 15.9. The monoisotopic (exact) mass is 448 g/mol. The highest BCUT2D eigenvalue weighted by atomic mass is 16.2. The van der Waals surface area contributed by atoms with Gasteiger partial charge in [-0.3, -0.25) is 4.79 Å². The summed E-state index contributed by atoms with van der Waals surface area (Å²) in [5.74, 6) is 1.57. The van der Waals surface area contributed by atoms with E-state index in [9.17, 15) is 4.79 Å². The first kappa shape index (κ1) is 25.0. The topological polar surface area (TPSA) is 50.2 Å². The normalized spacial score (nSPS) is 12.4. The second kappa shape index (κ2) is 12.0. The fraction of sp³-hybridized carbons (Fsp3) is 0.500. The number of carbonyl (C=O) groups is 1. The maximum absolute atomic E-state index is 13.7. The van der Waals surface area contributed by atoms with Gasteiger partial charge in [-0.2, -0.15) is 0 Å². The molecule has 0 radical (unpaired) electrons. The van der Waals surface area contributed by atoms with E-state index in [4.69, 9.17) is 4.98 Å². The zero-order chi connectivity index (χ0) is 23.8. The van der Waals surface area contributed by atoms with E-state index in [1.165, 1.54) is 0 Å². The van der Waals surface area contributed by atoms with Gasteiger partial charge in [0, 0.05) is 31.2 Å². The maximum atomic E-state index is 13.7. The fourth-order valence-electron chi connectivity index (χ4n) is 3.99. The smallest absolute Gasteiger partial charge is 0.254 e. The van der Waals surface area contributed by atoms with Crippen LogP contribution < -0.4 is 5.32 Å². The average molecular weight is 449 g/mol. The van der Waals surface area contributed by atoms with Gasteiger partial charge in [-0.05, 0) is 61.9 Å². The molecule has 1 amide bonds. The molecule has 0 spiro atoms. The second-order valence-corrected chi connectivity index (χ2v) is 9.47. The molecule has 1 unspecified atom stereocenters. The van der Waals surface area contributed by atoms with Crippen LogP contribution in [0.25, 0.3) is 11.0 Å². The van der Waals surface area contributed by atoms with Crippen LogP contribution in [0.5, 0.6) is 0 Å². The van der Waals surface area contributed by atoms with Crippen molar-refractivity contribution in [3.8, 4) is 0 Å². The lowest BCUT2D eigenvalue weighted by Crippen LogP contribution is -2.33. The summed E-state index contributed by atoms with van der Waals surface area (Å²) in [4.78, 5) is 20.6. The largest absolute Gasteiger partial charge is 0.331 e. The second-order valence-electron chi connectivity index (χ2n) is 9.47. The van der Waals surface area contributed by atoms with E-state index in [-0.39, 0.29) is 5.91 Å². The van der Waals surface area contributed by atoms with Gasteiger partial charge in [-0.1, -0.05) is 52.0 Å². The summed E-state index contributed by atoms with van der Waals surface area (Å²) in [5, 5.41) is 3.52. The van der Waals surface area contributed by atoms with Crippen molar-refractivity contribution in [3.05, 3.63) is 65.5 Å². The van der Waals surface area contributed by atoms with Crippen molar-refractivity contribution in [2.45, 2.75) is 79.6 Å². The number of amides is 1. The van der Waals surface area contributed by atoms with Gasteiger partial charge >= 0.3 is 0 Å². The predicted octanol–water partition coefficient (Wildman–Crippen LogP) is 6.02. The van der Waals surface area contributed by atoms with Crippen molar-refractivity contribution in [2.24, 2.45) is 5.92 Å². The molecule has 5 nitrogen and oxygen atoms in total. The quantitative estimate of drug-likeness (QED) is 0.368. The highest BCUT2D eigenvalue weighted by Crippen LogP contribution is 2.20. The van der Waals surface area contributed by atoms with Gasteiger partial charge in [-0.15, -0.1) is 0 Å². The minimum atomic E-state index is 0.0798. The molecule has 1 atom stereocenters. The van der Waals surface area contributed by atoms with Crippen molar-refractivity contribution >= 4 is 16.9 Å². The molecule has 0 aliphatic rings. The highest BCUT2D eigenvalue weighted by Gasteiger charge is 2.20. The van der Waals surface area contributed by atoms with Gasteiger partial charge in [0.25, 0.3) is 5.91 Å². The highest BCUT2D eigenvalue weighted by molar-refractivity contribution is 5.94. The summed E-state index contributed by atoms with van der Waals surface area (Å²) in [6, 6.07) is 16.8. The van der Waals surface area contributed by atoms with Crippen LogP contribution in [0.1, 0.15) is 75.6 Å². The zero-order valence-corrected chi connectivity index (χ0v) is 21.0. The number of benzene rings is 2. The molecule has 0 aliphatic carbocycles. The standard InChI is InChI=1S/C28H40N4O/c1-6-16-32-26-14-9-8-13-25(26)30-27(32)20-31(17-15-21(3)4)28(33)24-12-10-11-23(18-24)19-29-22(5)7-2/h8-14,18,21-22,29H,6-7,15-17,19-20H2,1-5H3. The van der Waals surface area contributed by atoms with Crippen molar-refractivity contribution in [1.29, 1.82) is 0 Å². The van der Waals surface area contributed by atoms with Crippen molar-refractivity contribution in [2.75, 3.05) is 6.54 Å². The Bertz CT molecular complexity index is 1040. The van der Waals surface area contributed by atoms with E-state index in [1.807, 2.05) is 29.2 Å². The molecule has 1 N–H and O–H groups in total. The number of hydrogen-bond donors (Lipinski definition) is 1. The summed E-state index contributed by atoms with van der Waals surface area (Å²) >= 11 is 0. The summed E-state index contributed by atoms with van der Waals surface area (Å²) < 4.78 is 2.28. The van der Waals surface area contributed by atoms with E-state index in [0.717, 1.165) is 66.9 Å². The molecule has 178 valence electrons. The van der Waals surface area contributed by atoms with Crippen LogP contribution in [0.3, 0.4) is 0 Å². The first-order valence-corrected chi connectivity index (χ1v) is 12.5. The molecule has 3 aromatic rings. The third kappa shape index (κ3) is 6.67. The number of nitrogens with zero attached hydrogens (tertiary/aromatic N) is 3. The first-order valence-electron chi connectivity index (χ1n) is 12.5. The molecule has 5 heteroatoms. The van der Waals surface area contributed by atoms with E-state index < -0.39 is 0 Å². The van der Waals surface area contributed by atoms with Crippen LogP contribution in [0.4, 0.5) is 0 Å². The molecular weight excluding hydrogens is 408 g/mol. The Morgan fingerprint density at radius 3 is 2.61 bits per heavy atom. The lowest BCUT2D eigenvalue weighted by Gasteiger charge is -2.24. The van der Waals surface area contributed by atoms with Crippen LogP contribution in [-0.4, -0.2) is 32.9 Å². The Hall–Kier alpha value is -2.66. The van der Waals surface area contributed by atoms with E-state index >= 15 is 0 Å². The van der Waals surface area contributed by atoms with Gasteiger partial charge in [0.2, 0.25) is 0 Å². The Morgan fingerprint density at radius 1 is 1.09 bits per heavy atom. The van der Waals surface area contributed by atoms with Gasteiger partial charge in [-0.25, -0.2) is 4.98 Å². The summed E-state index contributed by atoms with van der Waals surface area (Å²) in [6.07, 6.45) is 3.08. The number of para-hydroxylation sites is 2. The Labute approximate surface area is 199 Å². The number of aryl methyl sites for hydroxylation is 1. The lowest BCUT2D eigenvalue weighted by atomic mass is 10.1.